The number of hydrogen-bond donors (Lipinski definition) is 1. The molecule has 2 aliphatic rings. The highest BCUT2D eigenvalue weighted by Gasteiger charge is 2.34. The summed E-state index contributed by atoms with van der Waals surface area (Å²) in [6.07, 6.45) is 2.52. The van der Waals surface area contributed by atoms with Gasteiger partial charge in [-0.05, 0) is 30.7 Å². The molecular formula is C18H23N3O3. The first-order chi connectivity index (χ1) is 11.3. The number of likely N-dealkylation sites (tertiary alicyclic amines) is 1. The van der Waals surface area contributed by atoms with Crippen LogP contribution in [0.5, 0.6) is 0 Å². The lowest BCUT2D eigenvalue weighted by Crippen LogP contribution is -2.53. The van der Waals surface area contributed by atoms with Crippen LogP contribution < -0.4 is 0 Å². The van der Waals surface area contributed by atoms with Crippen LogP contribution in [0.2, 0.25) is 0 Å². The lowest BCUT2D eigenvalue weighted by molar-refractivity contribution is 0.00601. The average Bonchev–Trinajstić information content (AvgIpc) is 3.25. The number of hydrogen-bond acceptors (Lipinski definition) is 5. The third kappa shape index (κ3) is 2.79. The monoisotopic (exact) mass is 329 g/mol. The standard InChI is InChI=1S/C18H23N3O3/c1-18(2,3)7-14-15-12(17(23)21-8-11(22)9-21)6-13(10-4-5-10)19-16(15)24-20-14/h6,10-11,22H,4-5,7-9H2,1-3H3. The van der Waals surface area contributed by atoms with E-state index in [4.69, 9.17) is 4.52 Å². The van der Waals surface area contributed by atoms with Gasteiger partial charge < -0.3 is 14.5 Å². The Morgan fingerprint density at radius 3 is 2.67 bits per heavy atom. The quantitative estimate of drug-likeness (QED) is 0.936. The Morgan fingerprint density at radius 2 is 2.08 bits per heavy atom. The fourth-order valence-corrected chi connectivity index (χ4v) is 3.20. The number of β-amino-alcohol motifs (C(OH)–C–C–N with tert-alkyl or cyclic N) is 1. The molecule has 1 aliphatic heterocycles. The van der Waals surface area contributed by atoms with E-state index < -0.39 is 6.10 Å². The molecule has 1 aliphatic carbocycles. The normalized spacial score (nSPS) is 18.9. The third-order valence-corrected chi connectivity index (χ3v) is 4.61. The van der Waals surface area contributed by atoms with Crippen LogP contribution in [0.3, 0.4) is 0 Å². The van der Waals surface area contributed by atoms with Crippen molar-refractivity contribution in [3.63, 3.8) is 0 Å². The zero-order valence-corrected chi connectivity index (χ0v) is 14.4. The van der Waals surface area contributed by atoms with Gasteiger partial charge in [-0.15, -0.1) is 0 Å². The van der Waals surface area contributed by atoms with Crippen molar-refractivity contribution in [2.45, 2.75) is 52.1 Å². The lowest BCUT2D eigenvalue weighted by atomic mass is 9.89. The number of aliphatic hydroxyl groups excluding tert-OH is 1. The van der Waals surface area contributed by atoms with Crippen molar-refractivity contribution in [2.75, 3.05) is 13.1 Å². The number of nitrogens with zero attached hydrogens (tertiary/aromatic N) is 3. The summed E-state index contributed by atoms with van der Waals surface area (Å²) in [5.41, 5.74) is 2.83. The van der Waals surface area contributed by atoms with E-state index in [0.717, 1.165) is 29.6 Å². The van der Waals surface area contributed by atoms with Crippen LogP contribution in [0.25, 0.3) is 11.1 Å². The summed E-state index contributed by atoms with van der Waals surface area (Å²) in [6, 6.07) is 1.91. The molecule has 6 heteroatoms. The summed E-state index contributed by atoms with van der Waals surface area (Å²) in [4.78, 5) is 19.2. The fraction of sp³-hybridized carbons (Fsp3) is 0.611. The van der Waals surface area contributed by atoms with Crippen LogP contribution in [-0.2, 0) is 6.42 Å². The number of carbonyl (C=O) groups excluding carboxylic acids is 1. The van der Waals surface area contributed by atoms with Crippen LogP contribution in [0.1, 0.15) is 61.3 Å². The van der Waals surface area contributed by atoms with Crippen molar-refractivity contribution >= 4 is 17.0 Å². The largest absolute Gasteiger partial charge is 0.389 e. The topological polar surface area (TPSA) is 79.5 Å². The van der Waals surface area contributed by atoms with Crippen LogP contribution in [0.15, 0.2) is 10.6 Å². The Balaban J connectivity index is 1.81. The fourth-order valence-electron chi connectivity index (χ4n) is 3.20. The van der Waals surface area contributed by atoms with Crippen LogP contribution in [0.4, 0.5) is 0 Å². The molecule has 0 atom stereocenters. The van der Waals surface area contributed by atoms with E-state index in [2.05, 4.69) is 30.9 Å². The van der Waals surface area contributed by atoms with Gasteiger partial charge in [0.2, 0.25) is 0 Å². The first-order valence-electron chi connectivity index (χ1n) is 8.58. The predicted molar refractivity (Wildman–Crippen MR) is 88.8 cm³/mol. The molecule has 2 aromatic rings. The molecule has 0 spiro atoms. The van der Waals surface area contributed by atoms with Gasteiger partial charge in [-0.3, -0.25) is 4.79 Å². The summed E-state index contributed by atoms with van der Waals surface area (Å²) in [5.74, 6) is 0.368. The summed E-state index contributed by atoms with van der Waals surface area (Å²) >= 11 is 0. The molecule has 0 aromatic carbocycles. The third-order valence-electron chi connectivity index (χ3n) is 4.61. The minimum atomic E-state index is -0.411. The molecular weight excluding hydrogens is 306 g/mol. The maximum absolute atomic E-state index is 12.9. The van der Waals surface area contributed by atoms with Gasteiger partial charge in [0, 0.05) is 24.7 Å². The molecule has 1 saturated carbocycles. The zero-order valence-electron chi connectivity index (χ0n) is 14.4. The molecule has 2 fully saturated rings. The second-order valence-electron chi connectivity index (χ2n) is 8.28. The molecule has 1 amide bonds. The molecule has 2 aromatic heterocycles. The van der Waals surface area contributed by atoms with Crippen molar-refractivity contribution in [3.8, 4) is 0 Å². The summed E-state index contributed by atoms with van der Waals surface area (Å²) in [6.45, 7) is 7.18. The van der Waals surface area contributed by atoms with E-state index in [1.807, 2.05) is 6.07 Å². The van der Waals surface area contributed by atoms with E-state index in [9.17, 15) is 9.90 Å². The van der Waals surface area contributed by atoms with E-state index in [0.29, 0.717) is 36.7 Å². The number of carbonyl (C=O) groups is 1. The van der Waals surface area contributed by atoms with Crippen LogP contribution in [0, 0.1) is 5.41 Å². The number of amides is 1. The number of pyridine rings is 1. The van der Waals surface area contributed by atoms with Crippen molar-refractivity contribution in [3.05, 3.63) is 23.0 Å². The summed E-state index contributed by atoms with van der Waals surface area (Å²) < 4.78 is 5.48. The Labute approximate surface area is 140 Å². The van der Waals surface area contributed by atoms with Gasteiger partial charge in [0.1, 0.15) is 0 Å². The minimum absolute atomic E-state index is 0.0340. The molecule has 3 heterocycles. The van der Waals surface area contributed by atoms with E-state index >= 15 is 0 Å². The SMILES string of the molecule is CC(C)(C)Cc1noc2nc(C3CC3)cc(C(=O)N3CC(O)C3)c12. The van der Waals surface area contributed by atoms with Gasteiger partial charge in [-0.1, -0.05) is 25.9 Å². The maximum atomic E-state index is 12.9. The Bertz CT molecular complexity index is 796. The molecule has 1 N–H and O–H groups in total. The first kappa shape index (κ1) is 15.6. The molecule has 0 radical (unpaired) electrons. The predicted octanol–water partition coefficient (Wildman–Crippen LogP) is 2.51. The minimum Gasteiger partial charge on any atom is -0.389 e. The van der Waals surface area contributed by atoms with Crippen molar-refractivity contribution in [2.24, 2.45) is 5.41 Å². The average molecular weight is 329 g/mol. The molecule has 6 nitrogen and oxygen atoms in total. The Morgan fingerprint density at radius 1 is 1.38 bits per heavy atom. The van der Waals surface area contributed by atoms with Gasteiger partial charge in [-0.25, -0.2) is 4.98 Å². The van der Waals surface area contributed by atoms with Crippen LogP contribution in [-0.4, -0.2) is 45.2 Å². The van der Waals surface area contributed by atoms with E-state index in [1.165, 1.54) is 0 Å². The molecule has 24 heavy (non-hydrogen) atoms. The highest BCUT2D eigenvalue weighted by Crippen LogP contribution is 2.41. The summed E-state index contributed by atoms with van der Waals surface area (Å²) in [7, 11) is 0. The van der Waals surface area contributed by atoms with Gasteiger partial charge in [0.05, 0.1) is 22.7 Å². The molecule has 0 bridgehead atoms. The zero-order chi connectivity index (χ0) is 17.1. The second kappa shape index (κ2) is 5.28. The number of fused-ring (bicyclic) bond motifs is 1. The van der Waals surface area contributed by atoms with Crippen LogP contribution >= 0.6 is 0 Å². The highest BCUT2D eigenvalue weighted by atomic mass is 16.5. The molecule has 1 saturated heterocycles. The van der Waals surface area contributed by atoms with Gasteiger partial charge in [0.15, 0.2) is 0 Å². The number of aliphatic hydroxyl groups is 1. The van der Waals surface area contributed by atoms with Crippen molar-refractivity contribution in [1.29, 1.82) is 0 Å². The van der Waals surface area contributed by atoms with E-state index in [1.54, 1.807) is 4.90 Å². The summed E-state index contributed by atoms with van der Waals surface area (Å²) in [5, 5.41) is 14.5. The van der Waals surface area contributed by atoms with Gasteiger partial charge in [0.25, 0.3) is 11.6 Å². The molecule has 128 valence electrons. The number of rotatable bonds is 3. The Hall–Kier alpha value is -1.95. The van der Waals surface area contributed by atoms with Crippen molar-refractivity contribution in [1.82, 2.24) is 15.0 Å². The Kier molecular flexibility index (Phi) is 3.42. The molecule has 0 unspecified atom stereocenters. The highest BCUT2D eigenvalue weighted by molar-refractivity contribution is 6.06. The smallest absolute Gasteiger partial charge is 0.259 e. The molecule has 4 rings (SSSR count). The van der Waals surface area contributed by atoms with Crippen molar-refractivity contribution < 1.29 is 14.4 Å². The van der Waals surface area contributed by atoms with E-state index in [-0.39, 0.29) is 11.3 Å². The maximum Gasteiger partial charge on any atom is 0.259 e. The number of aromatic nitrogens is 2. The van der Waals surface area contributed by atoms with Gasteiger partial charge in [-0.2, -0.15) is 0 Å². The second-order valence-corrected chi connectivity index (χ2v) is 8.28. The van der Waals surface area contributed by atoms with Gasteiger partial charge >= 0.3 is 0 Å². The lowest BCUT2D eigenvalue weighted by Gasteiger charge is -2.36. The first-order valence-corrected chi connectivity index (χ1v) is 8.58.